The van der Waals surface area contributed by atoms with Gasteiger partial charge in [0.25, 0.3) is 5.91 Å². The molecule has 0 radical (unpaired) electrons. The van der Waals surface area contributed by atoms with Gasteiger partial charge in [-0.15, -0.1) is 0 Å². The molecule has 1 N–H and O–H groups in total. The van der Waals surface area contributed by atoms with Gasteiger partial charge in [-0.1, -0.05) is 0 Å². The van der Waals surface area contributed by atoms with Gasteiger partial charge in [0.15, 0.2) is 11.5 Å². The van der Waals surface area contributed by atoms with Gasteiger partial charge in [0, 0.05) is 18.2 Å². The lowest BCUT2D eigenvalue weighted by atomic mass is 10.1. The van der Waals surface area contributed by atoms with Crippen molar-refractivity contribution in [2.24, 2.45) is 0 Å². The van der Waals surface area contributed by atoms with Gasteiger partial charge in [-0.25, -0.2) is 0 Å². The molecule has 0 aliphatic carbocycles. The van der Waals surface area contributed by atoms with E-state index in [1.165, 1.54) is 28.4 Å². The molecule has 0 aliphatic heterocycles. The lowest BCUT2D eigenvalue weighted by Crippen LogP contribution is -2.14. The molecule has 0 aliphatic rings. The third-order valence-electron chi connectivity index (χ3n) is 3.61. The Labute approximate surface area is 146 Å². The first kappa shape index (κ1) is 18.3. The summed E-state index contributed by atoms with van der Waals surface area (Å²) in [5.74, 6) is 1.96. The number of benzene rings is 2. The summed E-state index contributed by atoms with van der Waals surface area (Å²) >= 11 is 0. The average molecular weight is 347 g/mol. The summed E-state index contributed by atoms with van der Waals surface area (Å²) in [5.41, 5.74) is 0.772. The molecule has 7 heteroatoms. The molecule has 134 valence electrons. The molecule has 7 nitrogen and oxygen atoms in total. The standard InChI is InChI=1S/C18H21NO6/c1-21-11-6-7-14(22-2)13(8-11)19-18(20)12-9-16(24-4)17(25-5)10-15(12)23-3/h6-10H,1-5H3,(H,19,20). The smallest absolute Gasteiger partial charge is 0.259 e. The van der Waals surface area contributed by atoms with Crippen molar-refractivity contribution in [1.29, 1.82) is 0 Å². The summed E-state index contributed by atoms with van der Waals surface area (Å²) in [6, 6.07) is 8.27. The van der Waals surface area contributed by atoms with E-state index in [2.05, 4.69) is 5.32 Å². The van der Waals surface area contributed by atoms with E-state index in [0.717, 1.165) is 0 Å². The number of carbonyl (C=O) groups is 1. The number of nitrogens with one attached hydrogen (secondary N) is 1. The molecule has 25 heavy (non-hydrogen) atoms. The fourth-order valence-corrected chi connectivity index (χ4v) is 2.31. The van der Waals surface area contributed by atoms with Gasteiger partial charge < -0.3 is 29.0 Å². The van der Waals surface area contributed by atoms with E-state index in [4.69, 9.17) is 23.7 Å². The van der Waals surface area contributed by atoms with Crippen molar-refractivity contribution >= 4 is 11.6 Å². The second-order valence-electron chi connectivity index (χ2n) is 4.93. The highest BCUT2D eigenvalue weighted by molar-refractivity contribution is 6.07. The second-order valence-corrected chi connectivity index (χ2v) is 4.93. The van der Waals surface area contributed by atoms with Crippen LogP contribution in [-0.2, 0) is 0 Å². The Kier molecular flexibility index (Phi) is 5.94. The topological polar surface area (TPSA) is 75.3 Å². The van der Waals surface area contributed by atoms with Crippen molar-refractivity contribution in [3.63, 3.8) is 0 Å². The largest absolute Gasteiger partial charge is 0.497 e. The van der Waals surface area contributed by atoms with Crippen LogP contribution in [0, 0.1) is 0 Å². The van der Waals surface area contributed by atoms with Gasteiger partial charge in [0.2, 0.25) is 0 Å². The molecule has 0 spiro atoms. The van der Waals surface area contributed by atoms with E-state index in [0.29, 0.717) is 40.0 Å². The maximum absolute atomic E-state index is 12.7. The molecule has 2 rings (SSSR count). The summed E-state index contributed by atoms with van der Waals surface area (Å²) in [5, 5.41) is 2.80. The first-order valence-electron chi connectivity index (χ1n) is 7.41. The van der Waals surface area contributed by atoms with Crippen LogP contribution in [0.3, 0.4) is 0 Å². The maximum atomic E-state index is 12.7. The minimum atomic E-state index is -0.385. The highest BCUT2D eigenvalue weighted by Crippen LogP contribution is 2.36. The Morgan fingerprint density at radius 3 is 1.88 bits per heavy atom. The van der Waals surface area contributed by atoms with Gasteiger partial charge in [0.1, 0.15) is 17.2 Å². The molecule has 0 saturated carbocycles. The Morgan fingerprint density at radius 1 is 0.720 bits per heavy atom. The fourth-order valence-electron chi connectivity index (χ4n) is 2.31. The number of carbonyl (C=O) groups excluding carboxylic acids is 1. The van der Waals surface area contributed by atoms with Crippen LogP contribution in [0.4, 0.5) is 5.69 Å². The molecule has 0 atom stereocenters. The van der Waals surface area contributed by atoms with Gasteiger partial charge in [-0.3, -0.25) is 4.79 Å². The number of rotatable bonds is 7. The SMILES string of the molecule is COc1ccc(OC)c(NC(=O)c2cc(OC)c(OC)cc2OC)c1. The summed E-state index contributed by atoms with van der Waals surface area (Å²) < 4.78 is 26.2. The normalized spacial score (nSPS) is 9.96. The summed E-state index contributed by atoms with van der Waals surface area (Å²) in [6.45, 7) is 0. The summed E-state index contributed by atoms with van der Waals surface area (Å²) in [6.07, 6.45) is 0. The molecule has 0 fully saturated rings. The molecule has 0 unspecified atom stereocenters. The zero-order valence-electron chi connectivity index (χ0n) is 14.8. The number of hydrogen-bond acceptors (Lipinski definition) is 6. The van der Waals surface area contributed by atoms with Crippen LogP contribution in [0.1, 0.15) is 10.4 Å². The summed E-state index contributed by atoms with van der Waals surface area (Å²) in [4.78, 5) is 12.7. The van der Waals surface area contributed by atoms with Crippen LogP contribution in [0.15, 0.2) is 30.3 Å². The lowest BCUT2D eigenvalue weighted by molar-refractivity contribution is 0.102. The van der Waals surface area contributed by atoms with Gasteiger partial charge in [-0.05, 0) is 12.1 Å². The number of methoxy groups -OCH3 is 5. The van der Waals surface area contributed by atoms with Gasteiger partial charge in [-0.2, -0.15) is 0 Å². The lowest BCUT2D eigenvalue weighted by Gasteiger charge is -2.15. The van der Waals surface area contributed by atoms with Gasteiger partial charge >= 0.3 is 0 Å². The molecule has 0 aromatic heterocycles. The Balaban J connectivity index is 2.41. The Morgan fingerprint density at radius 2 is 1.32 bits per heavy atom. The number of hydrogen-bond donors (Lipinski definition) is 1. The maximum Gasteiger partial charge on any atom is 0.259 e. The van der Waals surface area contributed by atoms with E-state index in [-0.39, 0.29) is 5.91 Å². The zero-order valence-corrected chi connectivity index (χ0v) is 14.8. The fraction of sp³-hybridized carbons (Fsp3) is 0.278. The zero-order chi connectivity index (χ0) is 18.4. The minimum absolute atomic E-state index is 0.296. The molecule has 0 heterocycles. The predicted molar refractivity (Wildman–Crippen MR) is 93.6 cm³/mol. The molecular formula is C18H21NO6. The highest BCUT2D eigenvalue weighted by Gasteiger charge is 2.19. The van der Waals surface area contributed by atoms with Crippen LogP contribution < -0.4 is 29.0 Å². The number of anilines is 1. The van der Waals surface area contributed by atoms with Crippen molar-refractivity contribution in [2.75, 3.05) is 40.9 Å². The third kappa shape index (κ3) is 3.88. The highest BCUT2D eigenvalue weighted by atomic mass is 16.5. The van der Waals surface area contributed by atoms with Crippen LogP contribution in [0.25, 0.3) is 0 Å². The van der Waals surface area contributed by atoms with Crippen LogP contribution in [-0.4, -0.2) is 41.5 Å². The molecular weight excluding hydrogens is 326 g/mol. The van der Waals surface area contributed by atoms with Crippen LogP contribution in [0.5, 0.6) is 28.7 Å². The molecule has 0 saturated heterocycles. The Bertz CT molecular complexity index is 759. The minimum Gasteiger partial charge on any atom is -0.497 e. The first-order valence-corrected chi connectivity index (χ1v) is 7.41. The van der Waals surface area contributed by atoms with Crippen molar-refractivity contribution < 1.29 is 28.5 Å². The average Bonchev–Trinajstić information content (AvgIpc) is 2.66. The number of ether oxygens (including phenoxy) is 5. The molecule has 2 aromatic carbocycles. The molecule has 2 aromatic rings. The second kappa shape index (κ2) is 8.14. The van der Waals surface area contributed by atoms with Crippen molar-refractivity contribution in [1.82, 2.24) is 0 Å². The van der Waals surface area contributed by atoms with E-state index >= 15 is 0 Å². The molecule has 1 amide bonds. The van der Waals surface area contributed by atoms with E-state index in [1.807, 2.05) is 0 Å². The van der Waals surface area contributed by atoms with Crippen molar-refractivity contribution in [2.45, 2.75) is 0 Å². The first-order chi connectivity index (χ1) is 12.1. The third-order valence-corrected chi connectivity index (χ3v) is 3.61. The van der Waals surface area contributed by atoms with E-state index < -0.39 is 0 Å². The van der Waals surface area contributed by atoms with Crippen LogP contribution in [0.2, 0.25) is 0 Å². The van der Waals surface area contributed by atoms with E-state index in [9.17, 15) is 4.79 Å². The van der Waals surface area contributed by atoms with Crippen molar-refractivity contribution in [3.8, 4) is 28.7 Å². The van der Waals surface area contributed by atoms with Crippen LogP contribution >= 0.6 is 0 Å². The number of amides is 1. The Hall–Kier alpha value is -3.09. The van der Waals surface area contributed by atoms with Gasteiger partial charge in [0.05, 0.1) is 46.8 Å². The van der Waals surface area contributed by atoms with E-state index in [1.54, 1.807) is 37.4 Å². The monoisotopic (exact) mass is 347 g/mol. The summed E-state index contributed by atoms with van der Waals surface area (Å²) in [7, 11) is 7.55. The quantitative estimate of drug-likeness (QED) is 0.830. The predicted octanol–water partition coefficient (Wildman–Crippen LogP) is 2.98. The van der Waals surface area contributed by atoms with Crippen molar-refractivity contribution in [3.05, 3.63) is 35.9 Å². The molecule has 0 bridgehead atoms.